The van der Waals surface area contributed by atoms with Crippen molar-refractivity contribution in [2.24, 2.45) is 5.92 Å². The van der Waals surface area contributed by atoms with Crippen molar-refractivity contribution in [1.29, 1.82) is 5.26 Å². The molecule has 0 bridgehead atoms. The second kappa shape index (κ2) is 7.61. The van der Waals surface area contributed by atoms with E-state index in [-0.39, 0.29) is 36.6 Å². The molecular formula is C20H19F3N6O2. The highest BCUT2D eigenvalue weighted by molar-refractivity contribution is 5.97. The van der Waals surface area contributed by atoms with E-state index in [1.165, 1.54) is 9.80 Å². The van der Waals surface area contributed by atoms with Crippen LogP contribution in [0.3, 0.4) is 0 Å². The fourth-order valence-electron chi connectivity index (χ4n) is 4.05. The Morgan fingerprint density at radius 3 is 2.55 bits per heavy atom. The Hall–Kier alpha value is -3.55. The van der Waals surface area contributed by atoms with E-state index in [1.54, 1.807) is 24.7 Å². The van der Waals surface area contributed by atoms with Gasteiger partial charge in [-0.15, -0.1) is 0 Å². The maximum atomic E-state index is 13.5. The Labute approximate surface area is 175 Å². The number of rotatable bonds is 2. The topological polar surface area (TPSA) is 94.3 Å². The molecule has 1 saturated heterocycles. The summed E-state index contributed by atoms with van der Waals surface area (Å²) in [5.41, 5.74) is 0.926. The lowest BCUT2D eigenvalue weighted by atomic mass is 10.0. The quantitative estimate of drug-likeness (QED) is 0.739. The summed E-state index contributed by atoms with van der Waals surface area (Å²) in [4.78, 5) is 28.3. The summed E-state index contributed by atoms with van der Waals surface area (Å²) in [6, 6.07) is 2.26. The first-order valence-electron chi connectivity index (χ1n) is 9.69. The van der Waals surface area contributed by atoms with Crippen LogP contribution < -0.4 is 10.2 Å². The van der Waals surface area contributed by atoms with E-state index >= 15 is 0 Å². The molecule has 2 aromatic rings. The van der Waals surface area contributed by atoms with Crippen LogP contribution in [0.25, 0.3) is 0 Å². The van der Waals surface area contributed by atoms with Crippen molar-refractivity contribution in [2.75, 3.05) is 10.2 Å². The number of anilines is 2. The molecule has 31 heavy (non-hydrogen) atoms. The van der Waals surface area contributed by atoms with E-state index < -0.39 is 29.4 Å². The van der Waals surface area contributed by atoms with Crippen LogP contribution in [-0.2, 0) is 17.9 Å². The normalized spacial score (nSPS) is 23.0. The van der Waals surface area contributed by atoms with E-state index in [0.29, 0.717) is 30.1 Å². The standard InChI is InChI=1S/C20H19F3N6O2/c1-10-8-28-17(16(7-25-28)29-11(2)12(6-24)3-18(29)30)9-27(10)20(31)26-13-4-14(21)19(23)15(22)5-13/h4-5,7,10-12H,3,8-9H2,1-2H3,(H,26,31)/t10-,11?,12?/m0/s1. The summed E-state index contributed by atoms with van der Waals surface area (Å²) >= 11 is 0. The molecule has 2 unspecified atom stereocenters. The zero-order valence-electron chi connectivity index (χ0n) is 16.8. The van der Waals surface area contributed by atoms with Crippen molar-refractivity contribution in [3.8, 4) is 6.07 Å². The predicted octanol–water partition coefficient (Wildman–Crippen LogP) is 3.00. The van der Waals surface area contributed by atoms with E-state index in [9.17, 15) is 28.0 Å². The Morgan fingerprint density at radius 1 is 1.26 bits per heavy atom. The Balaban J connectivity index is 1.58. The van der Waals surface area contributed by atoms with E-state index in [1.807, 2.05) is 0 Å². The van der Waals surface area contributed by atoms with Gasteiger partial charge in [-0.2, -0.15) is 10.4 Å². The third-order valence-electron chi connectivity index (χ3n) is 5.79. The van der Waals surface area contributed by atoms with Crippen LogP contribution in [0.2, 0.25) is 0 Å². The summed E-state index contributed by atoms with van der Waals surface area (Å²) in [5, 5.41) is 16.0. The molecule has 0 aliphatic carbocycles. The van der Waals surface area contributed by atoms with Crippen LogP contribution in [0.5, 0.6) is 0 Å². The summed E-state index contributed by atoms with van der Waals surface area (Å²) in [5.74, 6) is -5.06. The van der Waals surface area contributed by atoms with Gasteiger partial charge in [0.05, 0.1) is 54.7 Å². The summed E-state index contributed by atoms with van der Waals surface area (Å²) < 4.78 is 41.8. The molecule has 3 amide bonds. The van der Waals surface area contributed by atoms with Crippen molar-refractivity contribution >= 4 is 23.3 Å². The van der Waals surface area contributed by atoms with Gasteiger partial charge in [-0.05, 0) is 13.8 Å². The highest BCUT2D eigenvalue weighted by Crippen LogP contribution is 2.35. The molecule has 0 spiro atoms. The van der Waals surface area contributed by atoms with Crippen molar-refractivity contribution < 1.29 is 22.8 Å². The van der Waals surface area contributed by atoms with Crippen LogP contribution in [0, 0.1) is 34.7 Å². The molecule has 1 aromatic heterocycles. The molecule has 2 aliphatic heterocycles. The van der Waals surface area contributed by atoms with Crippen LogP contribution in [0.4, 0.5) is 29.3 Å². The zero-order chi connectivity index (χ0) is 22.4. The number of carbonyl (C=O) groups is 2. The van der Waals surface area contributed by atoms with Crippen molar-refractivity contribution in [1.82, 2.24) is 14.7 Å². The fraction of sp³-hybridized carbons (Fsp3) is 0.400. The lowest BCUT2D eigenvalue weighted by molar-refractivity contribution is -0.117. The Kier molecular flexibility index (Phi) is 5.08. The molecular weight excluding hydrogens is 413 g/mol. The molecule has 162 valence electrons. The number of urea groups is 1. The number of nitrogens with one attached hydrogen (secondary N) is 1. The molecule has 4 rings (SSSR count). The number of carbonyl (C=O) groups excluding carboxylic acids is 2. The number of hydrogen-bond donors (Lipinski definition) is 1. The van der Waals surface area contributed by atoms with Gasteiger partial charge in [0, 0.05) is 24.2 Å². The van der Waals surface area contributed by atoms with Crippen molar-refractivity contribution in [3.05, 3.63) is 41.5 Å². The second-order valence-electron chi connectivity index (χ2n) is 7.76. The molecule has 1 fully saturated rings. The van der Waals surface area contributed by atoms with E-state index in [0.717, 1.165) is 0 Å². The summed E-state index contributed by atoms with van der Waals surface area (Å²) in [7, 11) is 0. The maximum Gasteiger partial charge on any atom is 0.322 e. The number of nitrogens with zero attached hydrogens (tertiary/aromatic N) is 5. The van der Waals surface area contributed by atoms with Gasteiger partial charge in [-0.3, -0.25) is 9.48 Å². The van der Waals surface area contributed by atoms with Crippen LogP contribution in [-0.4, -0.2) is 38.7 Å². The number of halogens is 3. The molecule has 3 heterocycles. The number of amides is 3. The van der Waals surface area contributed by atoms with Gasteiger partial charge in [0.2, 0.25) is 5.91 Å². The first-order valence-corrected chi connectivity index (χ1v) is 9.69. The predicted molar refractivity (Wildman–Crippen MR) is 103 cm³/mol. The smallest absolute Gasteiger partial charge is 0.314 e. The average molecular weight is 432 g/mol. The van der Waals surface area contributed by atoms with E-state index in [2.05, 4.69) is 16.5 Å². The SMILES string of the molecule is CC1C(C#N)CC(=O)N1c1cnn2c1CN(C(=O)Nc1cc(F)c(F)c(F)c1)[C@@H](C)C2. The lowest BCUT2D eigenvalue weighted by Gasteiger charge is -2.35. The number of hydrogen-bond acceptors (Lipinski definition) is 4. The molecule has 1 N–H and O–H groups in total. The van der Waals surface area contributed by atoms with Gasteiger partial charge in [0.25, 0.3) is 0 Å². The minimum atomic E-state index is -1.61. The maximum absolute atomic E-state index is 13.5. The van der Waals surface area contributed by atoms with Crippen LogP contribution >= 0.6 is 0 Å². The third kappa shape index (κ3) is 3.48. The van der Waals surface area contributed by atoms with Gasteiger partial charge < -0.3 is 15.1 Å². The fourth-order valence-corrected chi connectivity index (χ4v) is 4.05. The molecule has 3 atom stereocenters. The molecule has 2 aliphatic rings. The van der Waals surface area contributed by atoms with Gasteiger partial charge in [0.15, 0.2) is 17.5 Å². The molecule has 0 radical (unpaired) electrons. The molecule has 0 saturated carbocycles. The number of aromatic nitrogens is 2. The van der Waals surface area contributed by atoms with Gasteiger partial charge in [0.1, 0.15) is 0 Å². The lowest BCUT2D eigenvalue weighted by Crippen LogP contribution is -2.47. The van der Waals surface area contributed by atoms with Gasteiger partial charge >= 0.3 is 6.03 Å². The minimum Gasteiger partial charge on any atom is -0.314 e. The largest absolute Gasteiger partial charge is 0.322 e. The third-order valence-corrected chi connectivity index (χ3v) is 5.79. The molecule has 8 nitrogen and oxygen atoms in total. The van der Waals surface area contributed by atoms with E-state index in [4.69, 9.17) is 0 Å². The first kappa shape index (κ1) is 20.7. The Bertz CT molecular complexity index is 1090. The highest BCUT2D eigenvalue weighted by Gasteiger charge is 2.41. The summed E-state index contributed by atoms with van der Waals surface area (Å²) in [6.45, 7) is 4.00. The number of benzene rings is 1. The van der Waals surface area contributed by atoms with Crippen LogP contribution in [0.1, 0.15) is 26.0 Å². The monoisotopic (exact) mass is 432 g/mol. The molecule has 1 aromatic carbocycles. The minimum absolute atomic E-state index is 0.0855. The summed E-state index contributed by atoms with van der Waals surface area (Å²) in [6.07, 6.45) is 1.66. The van der Waals surface area contributed by atoms with Crippen molar-refractivity contribution in [3.63, 3.8) is 0 Å². The van der Waals surface area contributed by atoms with Crippen molar-refractivity contribution in [2.45, 2.75) is 45.4 Å². The number of nitriles is 1. The highest BCUT2D eigenvalue weighted by atomic mass is 19.2. The average Bonchev–Trinajstić information content (AvgIpc) is 3.24. The zero-order valence-corrected chi connectivity index (χ0v) is 16.8. The van der Waals surface area contributed by atoms with Crippen LogP contribution in [0.15, 0.2) is 18.3 Å². The Morgan fingerprint density at radius 2 is 1.94 bits per heavy atom. The second-order valence-corrected chi connectivity index (χ2v) is 7.76. The first-order chi connectivity index (χ1) is 14.7. The van der Waals surface area contributed by atoms with Gasteiger partial charge in [-0.25, -0.2) is 18.0 Å². The molecule has 11 heteroatoms. The van der Waals surface area contributed by atoms with Gasteiger partial charge in [-0.1, -0.05) is 0 Å². The number of fused-ring (bicyclic) bond motifs is 1.